The van der Waals surface area contributed by atoms with Crippen LogP contribution in [0.4, 0.5) is 0 Å². The first-order valence-electron chi connectivity index (χ1n) is 11.3. The molecule has 33 heavy (non-hydrogen) atoms. The maximum atomic E-state index is 12.7. The summed E-state index contributed by atoms with van der Waals surface area (Å²) in [5.41, 5.74) is 1.91. The molecule has 0 radical (unpaired) electrons. The van der Waals surface area contributed by atoms with Crippen LogP contribution < -0.4 is 4.74 Å². The van der Waals surface area contributed by atoms with Gasteiger partial charge in [-0.25, -0.2) is 0 Å². The maximum absolute atomic E-state index is 12.7. The van der Waals surface area contributed by atoms with Crippen LogP contribution in [0.2, 0.25) is 19.1 Å². The van der Waals surface area contributed by atoms with Crippen molar-refractivity contribution in [3.8, 4) is 5.75 Å². The molecular formula is C25H35Cl3O3RuSi. The molecule has 1 aliphatic rings. The first kappa shape index (κ1) is 28.8. The summed E-state index contributed by atoms with van der Waals surface area (Å²) in [6.45, 7) is 12.2. The van der Waals surface area contributed by atoms with Gasteiger partial charge >= 0.3 is 181 Å². The molecule has 1 aliphatic carbocycles. The average molecular weight is 619 g/mol. The Hall–Kier alpha value is -0.450. The minimum atomic E-state index is -2.01. The normalized spacial score (nSPS) is 21.3. The quantitative estimate of drug-likeness (QED) is 0.111. The molecule has 2 unspecified atom stereocenters. The van der Waals surface area contributed by atoms with Crippen LogP contribution in [0.1, 0.15) is 44.2 Å². The Balaban J connectivity index is 2.02. The summed E-state index contributed by atoms with van der Waals surface area (Å²) in [7, 11) is 10.6. The van der Waals surface area contributed by atoms with E-state index < -0.39 is 20.9 Å². The molecule has 8 heteroatoms. The second kappa shape index (κ2) is 13.6. The fraction of sp³-hybridized carbons (Fsp3) is 0.520. The van der Waals surface area contributed by atoms with E-state index >= 15 is 0 Å². The van der Waals surface area contributed by atoms with Gasteiger partial charge in [0, 0.05) is 0 Å². The van der Waals surface area contributed by atoms with Crippen molar-refractivity contribution in [2.75, 3.05) is 0 Å². The number of benzene rings is 1. The standard InChI is InChI=1S/C25H35ClO3Si.2ClH.Ru/c1-7-21-12-13-22(9-8-16-30(5,6)26)25(21)29-24(27)15-11-20-10-14-23(19(4)17-20)28-18(2)3;;;/h4,7-10,14,17-18,21-22,25H,1,11-13,15-16H2,2-3,5-6H3;2*1H;/q;;;+2/p-2/b9-8+;;;/t21?,22?,25-;;;/m1.../s1. The number of carbonyl (C=O) groups is 1. The number of esters is 1. The summed E-state index contributed by atoms with van der Waals surface area (Å²) in [6, 6.07) is 6.81. The molecule has 3 nitrogen and oxygen atoms in total. The van der Waals surface area contributed by atoms with E-state index in [1.165, 1.54) is 0 Å². The summed E-state index contributed by atoms with van der Waals surface area (Å²) in [5.74, 6) is 0.976. The van der Waals surface area contributed by atoms with E-state index in [4.69, 9.17) is 39.9 Å². The first-order chi connectivity index (χ1) is 15.5. The van der Waals surface area contributed by atoms with Gasteiger partial charge in [-0.15, -0.1) is 0 Å². The zero-order valence-electron chi connectivity index (χ0n) is 19.8. The fourth-order valence-corrected chi connectivity index (χ4v) is 6.67. The van der Waals surface area contributed by atoms with Crippen molar-refractivity contribution in [1.29, 1.82) is 0 Å². The molecule has 3 atom stereocenters. The van der Waals surface area contributed by atoms with Gasteiger partial charge in [-0.3, -0.25) is 0 Å². The summed E-state index contributed by atoms with van der Waals surface area (Å²) in [5, 5.41) is 0. The van der Waals surface area contributed by atoms with E-state index in [0.717, 1.165) is 35.8 Å². The van der Waals surface area contributed by atoms with Crippen molar-refractivity contribution < 1.29 is 27.8 Å². The van der Waals surface area contributed by atoms with Crippen LogP contribution in [-0.4, -0.2) is 30.2 Å². The molecule has 0 aliphatic heterocycles. The topological polar surface area (TPSA) is 35.5 Å². The second-order valence-electron chi connectivity index (χ2n) is 9.29. The predicted octanol–water partition coefficient (Wildman–Crippen LogP) is 7.61. The van der Waals surface area contributed by atoms with Gasteiger partial charge in [-0.05, 0) is 6.04 Å². The van der Waals surface area contributed by atoms with Gasteiger partial charge in [0.25, 0.3) is 0 Å². The Kier molecular flexibility index (Phi) is 11.9. The third kappa shape index (κ3) is 10.4. The number of carbonyl (C=O) groups excluding carboxylic acids is 1. The molecule has 0 amide bonds. The zero-order chi connectivity index (χ0) is 24.6. The Morgan fingerprint density at radius 3 is 2.58 bits per heavy atom. The Labute approximate surface area is 217 Å². The van der Waals surface area contributed by atoms with Crippen LogP contribution in [0.5, 0.6) is 5.75 Å². The molecule has 0 heterocycles. The van der Waals surface area contributed by atoms with E-state index in [2.05, 4.69) is 31.8 Å². The van der Waals surface area contributed by atoms with Crippen LogP contribution in [0.3, 0.4) is 0 Å². The third-order valence-corrected chi connectivity index (χ3v) is 8.98. The number of ether oxygens (including phenoxy) is 2. The molecule has 0 spiro atoms. The monoisotopic (exact) mass is 618 g/mol. The van der Waals surface area contributed by atoms with Gasteiger partial charge in [-0.2, -0.15) is 11.1 Å². The molecule has 1 fully saturated rings. The fourth-order valence-electron chi connectivity index (χ4n) is 3.92. The van der Waals surface area contributed by atoms with Crippen molar-refractivity contribution >= 4 is 48.4 Å². The number of allylic oxidation sites excluding steroid dienone is 1. The molecular weight excluding hydrogens is 584 g/mol. The Morgan fingerprint density at radius 1 is 1.27 bits per heavy atom. The van der Waals surface area contributed by atoms with Gasteiger partial charge in [0.1, 0.15) is 0 Å². The molecule has 0 N–H and O–H groups in total. The van der Waals surface area contributed by atoms with Gasteiger partial charge in [-0.1, -0.05) is 13.1 Å². The molecule has 0 bridgehead atoms. The van der Waals surface area contributed by atoms with E-state index in [0.29, 0.717) is 12.8 Å². The van der Waals surface area contributed by atoms with E-state index in [1.54, 1.807) is 0 Å². The van der Waals surface area contributed by atoms with Crippen molar-refractivity contribution in [3.05, 3.63) is 54.1 Å². The first-order valence-corrected chi connectivity index (χ1v) is 21.0. The van der Waals surface area contributed by atoms with Crippen molar-refractivity contribution in [3.63, 3.8) is 0 Å². The average Bonchev–Trinajstić information content (AvgIpc) is 3.08. The van der Waals surface area contributed by atoms with Gasteiger partial charge < -0.3 is 0 Å². The number of aryl methyl sites for hydroxylation is 1. The Bertz CT molecular complexity index is 876. The Morgan fingerprint density at radius 2 is 1.97 bits per heavy atom. The second-order valence-corrected chi connectivity index (χ2v) is 21.9. The summed E-state index contributed by atoms with van der Waals surface area (Å²) >= 11 is 4.42. The van der Waals surface area contributed by atoms with Crippen molar-refractivity contribution in [1.82, 2.24) is 0 Å². The molecule has 0 saturated heterocycles. The van der Waals surface area contributed by atoms with Crippen molar-refractivity contribution in [2.45, 2.75) is 70.9 Å². The van der Waals surface area contributed by atoms with Crippen LogP contribution in [-0.2, 0) is 29.5 Å². The van der Waals surface area contributed by atoms with E-state index in [9.17, 15) is 4.79 Å². The molecule has 0 aromatic heterocycles. The van der Waals surface area contributed by atoms with Gasteiger partial charge in [0.2, 0.25) is 0 Å². The molecule has 186 valence electrons. The summed E-state index contributed by atoms with van der Waals surface area (Å²) in [6.07, 6.45) is 9.03. The van der Waals surface area contributed by atoms with Crippen LogP contribution in [0, 0.1) is 11.8 Å². The third-order valence-electron chi connectivity index (χ3n) is 5.48. The summed E-state index contributed by atoms with van der Waals surface area (Å²) in [4.78, 5) is 12.7. The molecule has 2 rings (SSSR count). The predicted molar refractivity (Wildman–Crippen MR) is 141 cm³/mol. The molecule has 1 saturated carbocycles. The summed E-state index contributed by atoms with van der Waals surface area (Å²) < 4.78 is 13.7. The number of rotatable bonds is 11. The zero-order valence-corrected chi connectivity index (χ0v) is 24.8. The van der Waals surface area contributed by atoms with Crippen LogP contribution >= 0.6 is 30.5 Å². The molecule has 1 aromatic rings. The van der Waals surface area contributed by atoms with E-state index in [1.807, 2.05) is 42.7 Å². The van der Waals surface area contributed by atoms with E-state index in [-0.39, 0.29) is 30.0 Å². The number of hydrogen-bond donors (Lipinski definition) is 0. The van der Waals surface area contributed by atoms with Gasteiger partial charge in [0.15, 0.2) is 7.38 Å². The SMILES string of the molecule is C=CC1CCC(/C=C/C[Si](C)(C)Cl)[C@@H]1OC(=O)CCc1ccc(OC(C)C)c([CH]=[Ru]([Cl])[Cl])c1. The van der Waals surface area contributed by atoms with Gasteiger partial charge in [0.05, 0.1) is 0 Å². The van der Waals surface area contributed by atoms with Crippen molar-refractivity contribution in [2.24, 2.45) is 11.8 Å². The number of halogens is 3. The van der Waals surface area contributed by atoms with Crippen LogP contribution in [0.15, 0.2) is 43.0 Å². The molecule has 1 aromatic carbocycles. The minimum absolute atomic E-state index is 0.0494. The number of hydrogen-bond acceptors (Lipinski definition) is 3. The van der Waals surface area contributed by atoms with Crippen LogP contribution in [0.25, 0.3) is 0 Å².